The number of nitrogens with zero attached hydrogens (tertiary/aromatic N) is 3. The van der Waals surface area contributed by atoms with E-state index in [4.69, 9.17) is 0 Å². The van der Waals surface area contributed by atoms with Crippen molar-refractivity contribution in [3.63, 3.8) is 0 Å². The van der Waals surface area contributed by atoms with Crippen LogP contribution in [0.2, 0.25) is 0 Å². The molecule has 1 aromatic heterocycles. The Kier molecular flexibility index (Phi) is 5.43. The van der Waals surface area contributed by atoms with Crippen LogP contribution in [0.1, 0.15) is 33.0 Å². The molecule has 2 heterocycles. The molecule has 1 aliphatic heterocycles. The van der Waals surface area contributed by atoms with Crippen LogP contribution in [0.15, 0.2) is 42.5 Å². The molecule has 0 radical (unpaired) electrons. The molecule has 8 nitrogen and oxygen atoms in total. The summed E-state index contributed by atoms with van der Waals surface area (Å²) in [4.78, 5) is 23.9. The highest BCUT2D eigenvalue weighted by atomic mass is 19.1. The number of aryl methyl sites for hydroxylation is 1. The summed E-state index contributed by atoms with van der Waals surface area (Å²) in [5.74, 6) is 0.340. The summed E-state index contributed by atoms with van der Waals surface area (Å²) in [6.45, 7) is 0.381. The van der Waals surface area contributed by atoms with Crippen LogP contribution in [0.3, 0.4) is 0 Å². The molecule has 152 valence electrons. The predicted octanol–water partition coefficient (Wildman–Crippen LogP) is 0.321. The molecule has 3 N–H and O–H groups in total. The number of aldehydes is 1. The lowest BCUT2D eigenvalue weighted by Gasteiger charge is -2.25. The molecular formula is C20H18BFN4O4. The van der Waals surface area contributed by atoms with Gasteiger partial charge in [0, 0.05) is 30.1 Å². The first-order valence-corrected chi connectivity index (χ1v) is 9.41. The Labute approximate surface area is 171 Å². The predicted molar refractivity (Wildman–Crippen MR) is 107 cm³/mol. The van der Waals surface area contributed by atoms with Crippen molar-refractivity contribution >= 4 is 24.8 Å². The molecule has 4 rings (SSSR count). The number of rotatable bonds is 5. The van der Waals surface area contributed by atoms with Crippen molar-refractivity contribution in [3.05, 3.63) is 65.2 Å². The summed E-state index contributed by atoms with van der Waals surface area (Å²) in [5.41, 5.74) is 0.634. The lowest BCUT2D eigenvalue weighted by molar-refractivity contribution is 0.0927. The van der Waals surface area contributed by atoms with Crippen molar-refractivity contribution in [2.45, 2.75) is 25.4 Å². The van der Waals surface area contributed by atoms with Crippen LogP contribution in [-0.2, 0) is 13.0 Å². The molecular weight excluding hydrogens is 390 g/mol. The van der Waals surface area contributed by atoms with Gasteiger partial charge in [-0.05, 0) is 36.1 Å². The van der Waals surface area contributed by atoms with Crippen LogP contribution < -0.4 is 10.8 Å². The molecule has 2 aromatic carbocycles. The SMILES string of the molecule is O=Cc1cc(C(=O)NC2CCc3nnc(-c4ccccc4F)n3C2)ccc1B(O)O. The highest BCUT2D eigenvalue weighted by molar-refractivity contribution is 6.60. The molecule has 0 saturated heterocycles. The van der Waals surface area contributed by atoms with Gasteiger partial charge in [0.1, 0.15) is 17.9 Å². The smallest absolute Gasteiger partial charge is 0.423 e. The molecule has 0 bridgehead atoms. The van der Waals surface area contributed by atoms with Gasteiger partial charge in [-0.1, -0.05) is 18.2 Å². The Morgan fingerprint density at radius 2 is 2.03 bits per heavy atom. The van der Waals surface area contributed by atoms with Crippen molar-refractivity contribution in [2.75, 3.05) is 0 Å². The summed E-state index contributed by atoms with van der Waals surface area (Å²) in [6, 6.07) is 10.1. The van der Waals surface area contributed by atoms with Crippen LogP contribution in [0, 0.1) is 5.82 Å². The Hall–Kier alpha value is -3.37. The number of fused-ring (bicyclic) bond motifs is 1. The molecule has 0 spiro atoms. The zero-order valence-corrected chi connectivity index (χ0v) is 15.8. The molecule has 1 atom stereocenters. The van der Waals surface area contributed by atoms with Crippen molar-refractivity contribution in [3.8, 4) is 11.4 Å². The maximum atomic E-state index is 14.2. The van der Waals surface area contributed by atoms with Gasteiger partial charge in [0.25, 0.3) is 5.91 Å². The first kappa shape index (κ1) is 19.9. The van der Waals surface area contributed by atoms with Gasteiger partial charge in [-0.15, -0.1) is 10.2 Å². The molecule has 0 fully saturated rings. The second kappa shape index (κ2) is 8.17. The number of hydrogen-bond acceptors (Lipinski definition) is 6. The molecule has 1 aliphatic rings. The monoisotopic (exact) mass is 408 g/mol. The molecule has 10 heteroatoms. The van der Waals surface area contributed by atoms with E-state index < -0.39 is 18.8 Å². The van der Waals surface area contributed by atoms with Gasteiger partial charge in [0.05, 0.1) is 5.56 Å². The summed E-state index contributed by atoms with van der Waals surface area (Å²) in [7, 11) is -1.80. The van der Waals surface area contributed by atoms with Crippen molar-refractivity contribution < 1.29 is 24.0 Å². The van der Waals surface area contributed by atoms with Crippen molar-refractivity contribution in [1.82, 2.24) is 20.1 Å². The van der Waals surface area contributed by atoms with Gasteiger partial charge in [-0.3, -0.25) is 9.59 Å². The van der Waals surface area contributed by atoms with E-state index in [0.717, 1.165) is 5.82 Å². The van der Waals surface area contributed by atoms with E-state index in [-0.39, 0.29) is 22.6 Å². The third-order valence-corrected chi connectivity index (χ3v) is 5.15. The Morgan fingerprint density at radius 3 is 2.77 bits per heavy atom. The lowest BCUT2D eigenvalue weighted by Crippen LogP contribution is -2.41. The third kappa shape index (κ3) is 3.74. The van der Waals surface area contributed by atoms with Crippen molar-refractivity contribution in [2.24, 2.45) is 0 Å². The highest BCUT2D eigenvalue weighted by Gasteiger charge is 2.26. The van der Waals surface area contributed by atoms with Gasteiger partial charge >= 0.3 is 7.12 Å². The van der Waals surface area contributed by atoms with E-state index >= 15 is 0 Å². The van der Waals surface area contributed by atoms with Crippen LogP contribution in [0.4, 0.5) is 4.39 Å². The Morgan fingerprint density at radius 1 is 1.23 bits per heavy atom. The molecule has 1 unspecified atom stereocenters. The van der Waals surface area contributed by atoms with E-state index in [9.17, 15) is 24.0 Å². The van der Waals surface area contributed by atoms with E-state index in [1.807, 2.05) is 0 Å². The average molecular weight is 408 g/mol. The summed E-state index contributed by atoms with van der Waals surface area (Å²) in [5, 5.41) is 29.8. The number of aromatic nitrogens is 3. The van der Waals surface area contributed by atoms with Gasteiger partial charge in [-0.25, -0.2) is 4.39 Å². The second-order valence-electron chi connectivity index (χ2n) is 7.07. The molecule has 30 heavy (non-hydrogen) atoms. The van der Waals surface area contributed by atoms with Gasteiger partial charge in [0.15, 0.2) is 5.82 Å². The van der Waals surface area contributed by atoms with Gasteiger partial charge < -0.3 is 19.9 Å². The second-order valence-corrected chi connectivity index (χ2v) is 7.07. The van der Waals surface area contributed by atoms with E-state index in [1.165, 1.54) is 24.3 Å². The number of nitrogens with one attached hydrogen (secondary N) is 1. The fourth-order valence-corrected chi connectivity index (χ4v) is 3.61. The average Bonchev–Trinajstić information content (AvgIpc) is 3.16. The van der Waals surface area contributed by atoms with E-state index in [2.05, 4.69) is 15.5 Å². The summed E-state index contributed by atoms with van der Waals surface area (Å²) in [6.07, 6.45) is 1.67. The fraction of sp³-hybridized carbons (Fsp3) is 0.200. The molecule has 3 aromatic rings. The minimum Gasteiger partial charge on any atom is -0.423 e. The Bertz CT molecular complexity index is 1120. The number of benzene rings is 2. The summed E-state index contributed by atoms with van der Waals surface area (Å²) >= 11 is 0. The number of amides is 1. The van der Waals surface area contributed by atoms with Crippen LogP contribution in [0.5, 0.6) is 0 Å². The highest BCUT2D eigenvalue weighted by Crippen LogP contribution is 2.25. The van der Waals surface area contributed by atoms with Crippen LogP contribution in [0.25, 0.3) is 11.4 Å². The number of halogens is 1. The van der Waals surface area contributed by atoms with E-state index in [1.54, 1.807) is 22.8 Å². The zero-order chi connectivity index (χ0) is 21.3. The number of carbonyl (C=O) groups is 2. The normalized spacial score (nSPS) is 15.4. The van der Waals surface area contributed by atoms with Crippen LogP contribution in [-0.4, -0.2) is 50.2 Å². The quantitative estimate of drug-likeness (QED) is 0.414. The van der Waals surface area contributed by atoms with Crippen LogP contribution >= 0.6 is 0 Å². The maximum absolute atomic E-state index is 14.2. The molecule has 0 saturated carbocycles. The first-order valence-electron chi connectivity index (χ1n) is 9.41. The first-order chi connectivity index (χ1) is 14.5. The Balaban J connectivity index is 1.53. The lowest BCUT2D eigenvalue weighted by atomic mass is 9.77. The third-order valence-electron chi connectivity index (χ3n) is 5.15. The molecule has 0 aliphatic carbocycles. The largest absolute Gasteiger partial charge is 0.489 e. The topological polar surface area (TPSA) is 117 Å². The fourth-order valence-electron chi connectivity index (χ4n) is 3.61. The minimum absolute atomic E-state index is 0.0304. The minimum atomic E-state index is -1.80. The number of hydrogen-bond donors (Lipinski definition) is 3. The van der Waals surface area contributed by atoms with Gasteiger partial charge in [-0.2, -0.15) is 0 Å². The standard InChI is InChI=1S/C20H18BFN4O4/c22-17-4-2-1-3-15(17)19-25-24-18-8-6-14(10-26(18)19)23-20(28)12-5-7-16(21(29)30)13(9-12)11-27/h1-5,7,9,11,14,29-30H,6,8,10H2,(H,23,28). The van der Waals surface area contributed by atoms with Crippen molar-refractivity contribution in [1.29, 1.82) is 0 Å². The zero-order valence-electron chi connectivity index (χ0n) is 15.8. The number of carbonyl (C=O) groups excluding carboxylic acids is 2. The van der Waals surface area contributed by atoms with Gasteiger partial charge in [0.2, 0.25) is 0 Å². The van der Waals surface area contributed by atoms with E-state index in [0.29, 0.717) is 37.1 Å². The summed E-state index contributed by atoms with van der Waals surface area (Å²) < 4.78 is 16.0. The maximum Gasteiger partial charge on any atom is 0.489 e. The molecule has 1 amide bonds.